The average molecular weight is 446 g/mol. The van der Waals surface area contributed by atoms with E-state index in [-0.39, 0.29) is 0 Å². The summed E-state index contributed by atoms with van der Waals surface area (Å²) in [6, 6.07) is 4.99. The Morgan fingerprint density at radius 3 is 2.26 bits per heavy atom. The highest BCUT2D eigenvalue weighted by Crippen LogP contribution is 2.27. The minimum absolute atomic E-state index is 0.366. The monoisotopic (exact) mass is 445 g/mol. The van der Waals surface area contributed by atoms with E-state index in [0.717, 1.165) is 29.6 Å². The standard InChI is InChI=1S/C24H39N5OS/c1-9-28-22(11-13-27(28)16-31-23-15-30-25-24(23)18(4)5)20(8)14-26-12-10-21(17(2)3)29(26)19(6)7/h10-13,15,17-20H,9,14,16H2,1-8H3/q+2. The molecule has 3 heterocycles. The Morgan fingerprint density at radius 1 is 0.968 bits per heavy atom. The van der Waals surface area contributed by atoms with E-state index in [1.165, 1.54) is 11.4 Å². The molecule has 3 aromatic heterocycles. The molecule has 7 heteroatoms. The van der Waals surface area contributed by atoms with Crippen LogP contribution in [0.3, 0.4) is 0 Å². The lowest BCUT2D eigenvalue weighted by atomic mass is 10.1. The van der Waals surface area contributed by atoms with E-state index in [1.54, 1.807) is 18.0 Å². The first kappa shape index (κ1) is 23.6. The van der Waals surface area contributed by atoms with E-state index in [4.69, 9.17) is 4.52 Å². The molecule has 3 aromatic rings. The summed E-state index contributed by atoms with van der Waals surface area (Å²) in [6.45, 7) is 19.8. The molecule has 1 atom stereocenters. The maximum absolute atomic E-state index is 5.22. The summed E-state index contributed by atoms with van der Waals surface area (Å²) >= 11 is 1.78. The largest absolute Gasteiger partial charge is 0.363 e. The number of thioether (sulfide) groups is 1. The van der Waals surface area contributed by atoms with Crippen LogP contribution in [0.2, 0.25) is 0 Å². The molecule has 170 valence electrons. The second-order valence-corrected chi connectivity index (χ2v) is 10.2. The summed E-state index contributed by atoms with van der Waals surface area (Å²) in [7, 11) is 0. The molecule has 0 spiro atoms. The third-order valence-corrected chi connectivity index (χ3v) is 6.80. The minimum Gasteiger partial charge on any atom is -0.363 e. The quantitative estimate of drug-likeness (QED) is 0.316. The third-order valence-electron chi connectivity index (χ3n) is 5.79. The van der Waals surface area contributed by atoms with Gasteiger partial charge in [-0.3, -0.25) is 0 Å². The molecule has 0 saturated heterocycles. The van der Waals surface area contributed by atoms with Crippen molar-refractivity contribution in [2.75, 3.05) is 0 Å². The molecule has 3 rings (SSSR count). The van der Waals surface area contributed by atoms with Crippen LogP contribution in [0.25, 0.3) is 0 Å². The van der Waals surface area contributed by atoms with Crippen molar-refractivity contribution in [3.63, 3.8) is 0 Å². The van der Waals surface area contributed by atoms with Gasteiger partial charge >= 0.3 is 0 Å². The molecular formula is C24H39N5OS+2. The zero-order chi connectivity index (χ0) is 22.7. The molecule has 0 aliphatic rings. The van der Waals surface area contributed by atoms with Gasteiger partial charge in [-0.25, -0.2) is 0 Å². The lowest BCUT2D eigenvalue weighted by Gasteiger charge is -2.15. The van der Waals surface area contributed by atoms with Gasteiger partial charge in [-0.05, 0) is 38.5 Å². The summed E-state index contributed by atoms with van der Waals surface area (Å²) in [4.78, 5) is 1.13. The number of aromatic nitrogens is 5. The molecule has 6 nitrogen and oxygen atoms in total. The van der Waals surface area contributed by atoms with Crippen molar-refractivity contribution in [1.82, 2.24) is 14.5 Å². The van der Waals surface area contributed by atoms with Gasteiger partial charge in [0.2, 0.25) is 5.88 Å². The zero-order valence-corrected chi connectivity index (χ0v) is 21.2. The highest BCUT2D eigenvalue weighted by atomic mass is 32.2. The van der Waals surface area contributed by atoms with Gasteiger partial charge in [-0.2, -0.15) is 9.36 Å². The Labute approximate surface area is 191 Å². The van der Waals surface area contributed by atoms with Gasteiger partial charge in [-0.1, -0.05) is 39.8 Å². The van der Waals surface area contributed by atoms with Crippen molar-refractivity contribution in [2.24, 2.45) is 0 Å². The third kappa shape index (κ3) is 5.08. The first-order valence-corrected chi connectivity index (χ1v) is 12.5. The Balaban J connectivity index is 1.78. The van der Waals surface area contributed by atoms with E-state index in [2.05, 4.69) is 104 Å². The second-order valence-electron chi connectivity index (χ2n) is 9.24. The van der Waals surface area contributed by atoms with Gasteiger partial charge in [0.1, 0.15) is 6.26 Å². The molecule has 0 N–H and O–H groups in total. The van der Waals surface area contributed by atoms with Crippen LogP contribution in [0.4, 0.5) is 0 Å². The fourth-order valence-electron chi connectivity index (χ4n) is 4.28. The van der Waals surface area contributed by atoms with Crippen LogP contribution in [0, 0.1) is 0 Å². The van der Waals surface area contributed by atoms with Gasteiger partial charge in [0.15, 0.2) is 18.9 Å². The van der Waals surface area contributed by atoms with Crippen molar-refractivity contribution in [2.45, 2.75) is 103 Å². The van der Waals surface area contributed by atoms with E-state index in [0.29, 0.717) is 23.8 Å². The number of rotatable bonds is 10. The lowest BCUT2D eigenvalue weighted by Crippen LogP contribution is -2.47. The predicted molar refractivity (Wildman–Crippen MR) is 124 cm³/mol. The fraction of sp³-hybridized carbons (Fsp3) is 0.625. The molecule has 0 aliphatic heterocycles. The predicted octanol–water partition coefficient (Wildman–Crippen LogP) is 5.25. The molecule has 0 amide bonds. The average Bonchev–Trinajstić information content (AvgIpc) is 3.43. The fourth-order valence-corrected chi connectivity index (χ4v) is 5.31. The minimum atomic E-state index is 0.366. The summed E-state index contributed by atoms with van der Waals surface area (Å²) < 4.78 is 14.8. The number of hydrogen-bond acceptors (Lipinski definition) is 3. The molecule has 0 bridgehead atoms. The van der Waals surface area contributed by atoms with Gasteiger partial charge in [0.05, 0.1) is 40.5 Å². The molecule has 1 unspecified atom stereocenters. The van der Waals surface area contributed by atoms with Crippen molar-refractivity contribution in [1.29, 1.82) is 0 Å². The van der Waals surface area contributed by atoms with Crippen LogP contribution in [-0.2, 0) is 19.0 Å². The summed E-state index contributed by atoms with van der Waals surface area (Å²) in [5.74, 6) is 2.13. The van der Waals surface area contributed by atoms with E-state index in [1.807, 2.05) is 0 Å². The smallest absolute Gasteiger partial charge is 0.222 e. The Kier molecular flexibility index (Phi) is 7.68. The topological polar surface area (TPSA) is 43.6 Å². The van der Waals surface area contributed by atoms with Crippen molar-refractivity contribution in [3.05, 3.63) is 47.9 Å². The summed E-state index contributed by atoms with van der Waals surface area (Å²) in [5.41, 5.74) is 3.81. The maximum atomic E-state index is 5.22. The summed E-state index contributed by atoms with van der Waals surface area (Å²) in [5, 5.41) is 4.17. The Morgan fingerprint density at radius 2 is 1.65 bits per heavy atom. The van der Waals surface area contributed by atoms with E-state index in [9.17, 15) is 0 Å². The van der Waals surface area contributed by atoms with Crippen molar-refractivity contribution in [3.8, 4) is 0 Å². The number of hydrogen-bond donors (Lipinski definition) is 0. The molecule has 0 saturated carbocycles. The van der Waals surface area contributed by atoms with Gasteiger partial charge in [0.25, 0.3) is 0 Å². The van der Waals surface area contributed by atoms with Crippen LogP contribution >= 0.6 is 11.8 Å². The van der Waals surface area contributed by atoms with Crippen LogP contribution in [0.1, 0.15) is 96.3 Å². The summed E-state index contributed by atoms with van der Waals surface area (Å²) in [6.07, 6.45) is 6.22. The zero-order valence-electron chi connectivity index (χ0n) is 20.4. The molecule has 0 aliphatic carbocycles. The second kappa shape index (κ2) is 10.1. The molecular weight excluding hydrogens is 406 g/mol. The first-order valence-electron chi connectivity index (χ1n) is 11.5. The molecule has 0 aromatic carbocycles. The van der Waals surface area contributed by atoms with Crippen LogP contribution in [0.15, 0.2) is 40.2 Å². The van der Waals surface area contributed by atoms with Crippen LogP contribution < -0.4 is 9.36 Å². The molecule has 31 heavy (non-hydrogen) atoms. The Hall–Kier alpha value is -2.02. The van der Waals surface area contributed by atoms with Crippen LogP contribution in [-0.4, -0.2) is 14.5 Å². The number of nitrogens with zero attached hydrogens (tertiary/aromatic N) is 5. The van der Waals surface area contributed by atoms with E-state index < -0.39 is 0 Å². The highest BCUT2D eigenvalue weighted by molar-refractivity contribution is 7.98. The molecule has 0 radical (unpaired) electrons. The highest BCUT2D eigenvalue weighted by Gasteiger charge is 2.26. The Bertz CT molecular complexity index is 982. The van der Waals surface area contributed by atoms with Crippen LogP contribution in [0.5, 0.6) is 0 Å². The first-order chi connectivity index (χ1) is 14.7. The van der Waals surface area contributed by atoms with Gasteiger partial charge in [0, 0.05) is 18.1 Å². The normalized spacial score (nSPS) is 13.1. The van der Waals surface area contributed by atoms with Gasteiger partial charge in [-0.15, -0.1) is 9.36 Å². The molecule has 0 fully saturated rings. The van der Waals surface area contributed by atoms with E-state index >= 15 is 0 Å². The SMILES string of the molecule is CCn1c(C(C)C[n+]2ccc(C(C)C)n2C(C)C)cc[n+]1CSc1conc1C(C)C. The maximum Gasteiger partial charge on any atom is 0.222 e. The van der Waals surface area contributed by atoms with Gasteiger partial charge < -0.3 is 4.52 Å². The van der Waals surface area contributed by atoms with Crippen molar-refractivity contribution >= 4 is 11.8 Å². The lowest BCUT2D eigenvalue weighted by molar-refractivity contribution is -0.781. The van der Waals surface area contributed by atoms with Crippen molar-refractivity contribution < 1.29 is 13.9 Å².